The van der Waals surface area contributed by atoms with Crippen LogP contribution in [0.1, 0.15) is 107 Å². The van der Waals surface area contributed by atoms with Crippen LogP contribution in [-0.2, 0) is 26.5 Å². The van der Waals surface area contributed by atoms with E-state index in [1.807, 2.05) is 24.4 Å². The average molecular weight is 898 g/mol. The summed E-state index contributed by atoms with van der Waals surface area (Å²) >= 11 is 0. The molecule has 6 heteroatoms. The van der Waals surface area contributed by atoms with Crippen molar-refractivity contribution in [3.63, 3.8) is 0 Å². The van der Waals surface area contributed by atoms with Gasteiger partial charge in [0.2, 0.25) is 5.71 Å². The van der Waals surface area contributed by atoms with Gasteiger partial charge >= 0.3 is 0 Å². The Morgan fingerprint density at radius 1 is 0.792 bits per heavy atom. The summed E-state index contributed by atoms with van der Waals surface area (Å²) in [7, 11) is -1.35. The van der Waals surface area contributed by atoms with Gasteiger partial charge in [-0.15, -0.1) is 54.1 Å². The molecular weight excluding hydrogens is 843 g/mol. The molecular formula is C47H55IrN3OSi-2. The van der Waals surface area contributed by atoms with E-state index in [1.165, 1.54) is 69.8 Å². The first-order valence-corrected chi connectivity index (χ1v) is 23.3. The first-order valence-electron chi connectivity index (χ1n) is 19.8. The number of aromatic nitrogens is 3. The monoisotopic (exact) mass is 898 g/mol. The Morgan fingerprint density at radius 3 is 2.28 bits per heavy atom. The Kier molecular flexibility index (Phi) is 12.9. The van der Waals surface area contributed by atoms with Crippen molar-refractivity contribution >= 4 is 35.3 Å². The summed E-state index contributed by atoms with van der Waals surface area (Å²) in [6, 6.07) is 29.9. The van der Waals surface area contributed by atoms with E-state index in [1.54, 1.807) is 10.8 Å². The maximum absolute atomic E-state index is 6.26. The molecule has 2 aromatic carbocycles. The molecule has 0 bridgehead atoms. The number of hydrogen-bond acceptors (Lipinski definition) is 4. The van der Waals surface area contributed by atoms with Gasteiger partial charge in [-0.05, 0) is 77.7 Å². The summed E-state index contributed by atoms with van der Waals surface area (Å²) in [6.45, 7) is 14.0. The minimum absolute atomic E-state index is 0. The largest absolute Gasteiger partial charge is 0.486 e. The van der Waals surface area contributed by atoms with Crippen LogP contribution >= 0.6 is 0 Å². The second-order valence-electron chi connectivity index (χ2n) is 16.7. The molecule has 1 radical (unpaired) electrons. The van der Waals surface area contributed by atoms with Crippen molar-refractivity contribution < 1.29 is 24.5 Å². The molecule has 2 aliphatic carbocycles. The van der Waals surface area contributed by atoms with Crippen LogP contribution in [0.3, 0.4) is 0 Å². The van der Waals surface area contributed by atoms with E-state index in [9.17, 15) is 0 Å². The molecule has 4 nitrogen and oxygen atoms in total. The van der Waals surface area contributed by atoms with E-state index in [0.717, 1.165) is 56.4 Å². The standard InChI is InChI=1S/C27H29N2O.C20H26NSi.Ir/c1-17(2)24-13-12-22-21-10-7-11-23(26(21)30-27(22)29-24)25-16-20(14-15-28-25)18(3)19-8-5-4-6-9-19;1-22(2,3)20-15-21-19(17-11-5-4-6-12-17)14-18(20)13-16-9-7-8-10-16;/h7,10,12-19H,4-6,8-9H2,1-3H3;4-6,11,14-16H,7-10,13H2,1-3H3;/q2*-1;. The van der Waals surface area contributed by atoms with Crippen LogP contribution in [0.15, 0.2) is 83.5 Å². The van der Waals surface area contributed by atoms with Crippen LogP contribution in [0, 0.1) is 24.0 Å². The Balaban J connectivity index is 0.000000187. The zero-order chi connectivity index (χ0) is 36.2. The number of rotatable bonds is 8. The van der Waals surface area contributed by atoms with Crippen molar-refractivity contribution in [1.82, 2.24) is 15.0 Å². The van der Waals surface area contributed by atoms with E-state index in [-0.39, 0.29) is 20.1 Å². The minimum atomic E-state index is -1.35. The average Bonchev–Trinajstić information content (AvgIpc) is 3.82. The second kappa shape index (κ2) is 17.4. The van der Waals surface area contributed by atoms with Gasteiger partial charge in [-0.2, -0.15) is 0 Å². The molecule has 0 amide bonds. The zero-order valence-electron chi connectivity index (χ0n) is 32.5. The van der Waals surface area contributed by atoms with Crippen molar-refractivity contribution in [3.8, 4) is 22.5 Å². The Bertz CT molecular complexity index is 2110. The molecule has 4 aromatic heterocycles. The van der Waals surface area contributed by atoms with E-state index in [0.29, 0.717) is 17.5 Å². The number of furan rings is 1. The molecule has 0 saturated heterocycles. The van der Waals surface area contributed by atoms with E-state index >= 15 is 0 Å². The minimum Gasteiger partial charge on any atom is -0.486 e. The van der Waals surface area contributed by atoms with E-state index < -0.39 is 8.07 Å². The molecule has 0 spiro atoms. The molecule has 2 fully saturated rings. The second-order valence-corrected chi connectivity index (χ2v) is 21.7. The number of pyridine rings is 3. The third-order valence-electron chi connectivity index (χ3n) is 11.6. The van der Waals surface area contributed by atoms with Crippen molar-refractivity contribution in [2.75, 3.05) is 0 Å². The van der Waals surface area contributed by atoms with Gasteiger partial charge in [0.25, 0.3) is 0 Å². The maximum Gasteiger partial charge on any atom is 0.216 e. The summed E-state index contributed by atoms with van der Waals surface area (Å²) in [5.41, 5.74) is 9.54. The Morgan fingerprint density at radius 2 is 1.57 bits per heavy atom. The Hall–Kier alpha value is -3.44. The summed E-state index contributed by atoms with van der Waals surface area (Å²) in [6.07, 6.45) is 17.8. The summed E-state index contributed by atoms with van der Waals surface area (Å²) in [4.78, 5) is 14.2. The molecule has 8 rings (SSSR count). The molecule has 6 aromatic rings. The van der Waals surface area contributed by atoms with Crippen molar-refractivity contribution in [2.24, 2.45) is 11.8 Å². The van der Waals surface area contributed by atoms with Crippen molar-refractivity contribution in [1.29, 1.82) is 0 Å². The number of hydrogen-bond donors (Lipinski definition) is 0. The number of fused-ring (bicyclic) bond motifs is 3. The molecule has 2 saturated carbocycles. The van der Waals surface area contributed by atoms with Gasteiger partial charge in [0, 0.05) is 43.6 Å². The maximum atomic E-state index is 6.26. The van der Waals surface area contributed by atoms with Crippen LogP contribution < -0.4 is 5.19 Å². The number of nitrogens with zero attached hydrogens (tertiary/aromatic N) is 3. The van der Waals surface area contributed by atoms with Crippen LogP contribution in [-0.4, -0.2) is 23.0 Å². The third kappa shape index (κ3) is 9.10. The van der Waals surface area contributed by atoms with Gasteiger partial charge in [0.15, 0.2) is 0 Å². The summed E-state index contributed by atoms with van der Waals surface area (Å²) in [5, 5.41) is 3.67. The third-order valence-corrected chi connectivity index (χ3v) is 13.7. The van der Waals surface area contributed by atoms with Gasteiger partial charge in [0.1, 0.15) is 0 Å². The quantitative estimate of drug-likeness (QED) is 0.113. The van der Waals surface area contributed by atoms with E-state index in [2.05, 4.69) is 107 Å². The smallest absolute Gasteiger partial charge is 0.216 e. The van der Waals surface area contributed by atoms with Crippen LogP contribution in [0.5, 0.6) is 0 Å². The number of benzene rings is 2. The fourth-order valence-electron chi connectivity index (χ4n) is 8.49. The SMILES string of the molecule is CC(C)c1ccc2c(n1)oc1c(-c3cc(C(C)C4CCCCC4)ccn3)[c-]ccc12.C[Si](C)(C)c1cnc(-c2[c-]cccc2)cc1CC1CCCC1.[Ir]. The van der Waals surface area contributed by atoms with Gasteiger partial charge < -0.3 is 14.4 Å². The molecule has 53 heavy (non-hydrogen) atoms. The van der Waals surface area contributed by atoms with Gasteiger partial charge in [-0.3, -0.25) is 0 Å². The predicted molar refractivity (Wildman–Crippen MR) is 220 cm³/mol. The molecule has 279 valence electrons. The van der Waals surface area contributed by atoms with Gasteiger partial charge in [-0.1, -0.05) is 120 Å². The van der Waals surface area contributed by atoms with Crippen LogP contribution in [0.2, 0.25) is 19.6 Å². The molecule has 2 aliphatic rings. The summed E-state index contributed by atoms with van der Waals surface area (Å²) in [5.74, 6) is 2.58. The van der Waals surface area contributed by atoms with E-state index in [4.69, 9.17) is 19.4 Å². The molecule has 1 unspecified atom stereocenters. The summed E-state index contributed by atoms with van der Waals surface area (Å²) < 4.78 is 6.26. The fraction of sp³-hybridized carbons (Fsp3) is 0.426. The topological polar surface area (TPSA) is 51.8 Å². The molecule has 1 atom stereocenters. The molecule has 4 heterocycles. The normalized spacial score (nSPS) is 16.1. The molecule has 0 aliphatic heterocycles. The molecule has 0 N–H and O–H groups in total. The Labute approximate surface area is 332 Å². The van der Waals surface area contributed by atoms with Crippen molar-refractivity contribution in [2.45, 2.75) is 116 Å². The first kappa shape index (κ1) is 39.3. The van der Waals surface area contributed by atoms with Crippen LogP contribution in [0.25, 0.3) is 44.6 Å². The fourth-order valence-corrected chi connectivity index (χ4v) is 10.1. The first-order chi connectivity index (χ1) is 25.2. The zero-order valence-corrected chi connectivity index (χ0v) is 35.9. The predicted octanol–water partition coefficient (Wildman–Crippen LogP) is 12.5. The van der Waals surface area contributed by atoms with Crippen molar-refractivity contribution in [3.05, 3.63) is 108 Å². The van der Waals surface area contributed by atoms with Crippen LogP contribution in [0.4, 0.5) is 0 Å². The van der Waals surface area contributed by atoms with Gasteiger partial charge in [-0.25, -0.2) is 4.98 Å². The van der Waals surface area contributed by atoms with Gasteiger partial charge in [0.05, 0.1) is 13.7 Å².